The first-order valence-corrected chi connectivity index (χ1v) is 7.35. The number of nitrogens with one attached hydrogen (secondary N) is 1. The summed E-state index contributed by atoms with van der Waals surface area (Å²) in [6, 6.07) is 8.61. The fraction of sp³-hybridized carbons (Fsp3) is 0.0667. The van der Waals surface area contributed by atoms with Crippen LogP contribution in [0.15, 0.2) is 42.5 Å². The zero-order valence-electron chi connectivity index (χ0n) is 11.7. The fourth-order valence-corrected chi connectivity index (χ4v) is 2.82. The molecule has 1 N–H and O–H groups in total. The molecule has 1 aromatic heterocycles. The summed E-state index contributed by atoms with van der Waals surface area (Å²) in [7, 11) is 0. The molecule has 0 saturated heterocycles. The van der Waals surface area contributed by atoms with Crippen molar-refractivity contribution in [2.45, 2.75) is 6.36 Å². The molecular weight excluding hydrogens is 348 g/mol. The standard InChI is InChI=1S/C15H8F4N2O2S/c16-9-3-1-8(2-4-9)13(22)21-14-20-11-6-5-10(7-12(11)24-14)23-15(17,18)19/h1-7H,(H,20,21,22). The summed E-state index contributed by atoms with van der Waals surface area (Å²) in [6.07, 6.45) is -4.78. The van der Waals surface area contributed by atoms with Crippen LogP contribution in [-0.4, -0.2) is 17.3 Å². The van der Waals surface area contributed by atoms with Crippen molar-refractivity contribution in [1.29, 1.82) is 0 Å². The lowest BCUT2D eigenvalue weighted by Crippen LogP contribution is -2.16. The van der Waals surface area contributed by atoms with E-state index in [2.05, 4.69) is 15.0 Å². The van der Waals surface area contributed by atoms with E-state index in [-0.39, 0.29) is 16.4 Å². The molecule has 0 aliphatic carbocycles. The molecule has 1 heterocycles. The summed E-state index contributed by atoms with van der Waals surface area (Å²) in [5, 5.41) is 2.73. The molecule has 0 aliphatic rings. The Labute approximate surface area is 136 Å². The van der Waals surface area contributed by atoms with Gasteiger partial charge in [0.1, 0.15) is 11.6 Å². The predicted octanol–water partition coefficient (Wildman–Crippen LogP) is 4.59. The van der Waals surface area contributed by atoms with Gasteiger partial charge < -0.3 is 4.74 Å². The third-order valence-corrected chi connectivity index (χ3v) is 3.85. The SMILES string of the molecule is O=C(Nc1nc2ccc(OC(F)(F)F)cc2s1)c1ccc(F)cc1. The average molecular weight is 356 g/mol. The third-order valence-electron chi connectivity index (χ3n) is 2.92. The van der Waals surface area contributed by atoms with E-state index < -0.39 is 18.1 Å². The van der Waals surface area contributed by atoms with Gasteiger partial charge in [-0.05, 0) is 36.4 Å². The van der Waals surface area contributed by atoms with Gasteiger partial charge in [-0.2, -0.15) is 0 Å². The van der Waals surface area contributed by atoms with Gasteiger partial charge in [0.05, 0.1) is 10.2 Å². The van der Waals surface area contributed by atoms with E-state index in [0.29, 0.717) is 10.2 Å². The molecule has 24 heavy (non-hydrogen) atoms. The first kappa shape index (κ1) is 16.2. The second kappa shape index (κ2) is 6.08. The third kappa shape index (κ3) is 3.80. The Kier molecular flexibility index (Phi) is 4.10. The molecule has 124 valence electrons. The van der Waals surface area contributed by atoms with E-state index in [0.717, 1.165) is 29.5 Å². The van der Waals surface area contributed by atoms with Crippen molar-refractivity contribution in [3.8, 4) is 5.75 Å². The van der Waals surface area contributed by atoms with E-state index in [1.165, 1.54) is 24.3 Å². The minimum Gasteiger partial charge on any atom is -0.406 e. The number of thiazole rings is 1. The van der Waals surface area contributed by atoms with E-state index in [1.54, 1.807) is 0 Å². The maximum Gasteiger partial charge on any atom is 0.573 e. The first-order valence-electron chi connectivity index (χ1n) is 6.53. The van der Waals surface area contributed by atoms with Gasteiger partial charge in [-0.25, -0.2) is 9.37 Å². The first-order chi connectivity index (χ1) is 11.3. The Bertz CT molecular complexity index is 891. The summed E-state index contributed by atoms with van der Waals surface area (Å²) >= 11 is 0.999. The highest BCUT2D eigenvalue weighted by atomic mass is 32.1. The molecule has 0 unspecified atom stereocenters. The van der Waals surface area contributed by atoms with Crippen LogP contribution < -0.4 is 10.1 Å². The highest BCUT2D eigenvalue weighted by Gasteiger charge is 2.31. The highest BCUT2D eigenvalue weighted by Crippen LogP contribution is 2.31. The molecule has 0 aliphatic heterocycles. The molecule has 4 nitrogen and oxygen atoms in total. The van der Waals surface area contributed by atoms with Crippen LogP contribution in [0.1, 0.15) is 10.4 Å². The van der Waals surface area contributed by atoms with Crippen molar-refractivity contribution < 1.29 is 27.1 Å². The zero-order valence-corrected chi connectivity index (χ0v) is 12.5. The smallest absolute Gasteiger partial charge is 0.406 e. The maximum absolute atomic E-state index is 12.8. The fourth-order valence-electron chi connectivity index (χ4n) is 1.93. The molecular formula is C15H8F4N2O2S. The second-order valence-corrected chi connectivity index (χ2v) is 5.69. The second-order valence-electron chi connectivity index (χ2n) is 4.66. The normalized spacial score (nSPS) is 11.5. The monoisotopic (exact) mass is 356 g/mol. The maximum atomic E-state index is 12.8. The van der Waals surface area contributed by atoms with Gasteiger partial charge in [0.15, 0.2) is 5.13 Å². The molecule has 9 heteroatoms. The van der Waals surface area contributed by atoms with Crippen molar-refractivity contribution in [1.82, 2.24) is 4.98 Å². The Morgan fingerprint density at radius 2 is 1.83 bits per heavy atom. The minimum absolute atomic E-state index is 0.212. The lowest BCUT2D eigenvalue weighted by atomic mass is 10.2. The Morgan fingerprint density at radius 3 is 2.50 bits per heavy atom. The summed E-state index contributed by atoms with van der Waals surface area (Å²) in [5.74, 6) is -1.33. The number of halogens is 4. The lowest BCUT2D eigenvalue weighted by molar-refractivity contribution is -0.274. The van der Waals surface area contributed by atoms with Gasteiger partial charge in [0.2, 0.25) is 0 Å². The van der Waals surface area contributed by atoms with Crippen molar-refractivity contribution in [2.24, 2.45) is 0 Å². The number of carbonyl (C=O) groups excluding carboxylic acids is 1. The minimum atomic E-state index is -4.78. The topological polar surface area (TPSA) is 51.2 Å². The number of carbonyl (C=O) groups is 1. The van der Waals surface area contributed by atoms with Gasteiger partial charge >= 0.3 is 6.36 Å². The number of fused-ring (bicyclic) bond motifs is 1. The van der Waals surface area contributed by atoms with Crippen molar-refractivity contribution >= 4 is 32.6 Å². The lowest BCUT2D eigenvalue weighted by Gasteiger charge is -2.07. The predicted molar refractivity (Wildman–Crippen MR) is 80.7 cm³/mol. The number of amides is 1. The number of benzene rings is 2. The Hall–Kier alpha value is -2.68. The summed E-state index contributed by atoms with van der Waals surface area (Å²) in [4.78, 5) is 16.1. The number of nitrogens with zero attached hydrogens (tertiary/aromatic N) is 1. The molecule has 2 aromatic carbocycles. The molecule has 3 aromatic rings. The number of hydrogen-bond donors (Lipinski definition) is 1. The van der Waals surface area contributed by atoms with Crippen LogP contribution in [0.5, 0.6) is 5.75 Å². The van der Waals surface area contributed by atoms with Gasteiger partial charge in [-0.1, -0.05) is 11.3 Å². The van der Waals surface area contributed by atoms with Gasteiger partial charge in [0, 0.05) is 11.6 Å². The number of ether oxygens (including phenoxy) is 1. The van der Waals surface area contributed by atoms with Crippen LogP contribution in [0, 0.1) is 5.82 Å². The van der Waals surface area contributed by atoms with E-state index >= 15 is 0 Å². The molecule has 0 atom stereocenters. The number of hydrogen-bond acceptors (Lipinski definition) is 4. The van der Waals surface area contributed by atoms with E-state index in [4.69, 9.17) is 0 Å². The average Bonchev–Trinajstić information content (AvgIpc) is 2.87. The quantitative estimate of drug-likeness (QED) is 0.699. The number of anilines is 1. The van der Waals surface area contributed by atoms with Crippen LogP contribution in [0.2, 0.25) is 0 Å². The van der Waals surface area contributed by atoms with Crippen LogP contribution in [0.4, 0.5) is 22.7 Å². The summed E-state index contributed by atoms with van der Waals surface area (Å²) in [5.41, 5.74) is 0.653. The Balaban J connectivity index is 1.80. The van der Waals surface area contributed by atoms with E-state index in [9.17, 15) is 22.4 Å². The molecule has 1 amide bonds. The van der Waals surface area contributed by atoms with Crippen molar-refractivity contribution in [3.05, 3.63) is 53.8 Å². The molecule has 0 bridgehead atoms. The summed E-state index contributed by atoms with van der Waals surface area (Å²) in [6.45, 7) is 0. The molecule has 0 fully saturated rings. The summed E-state index contributed by atoms with van der Waals surface area (Å²) < 4.78 is 53.7. The molecule has 0 saturated carbocycles. The van der Waals surface area contributed by atoms with E-state index in [1.807, 2.05) is 0 Å². The number of alkyl halides is 3. The molecule has 0 spiro atoms. The number of rotatable bonds is 3. The largest absolute Gasteiger partial charge is 0.573 e. The van der Waals surface area contributed by atoms with Crippen molar-refractivity contribution in [2.75, 3.05) is 5.32 Å². The van der Waals surface area contributed by atoms with Gasteiger partial charge in [-0.15, -0.1) is 13.2 Å². The number of aromatic nitrogens is 1. The molecule has 0 radical (unpaired) electrons. The van der Waals surface area contributed by atoms with Crippen LogP contribution in [0.25, 0.3) is 10.2 Å². The molecule has 3 rings (SSSR count). The highest BCUT2D eigenvalue weighted by molar-refractivity contribution is 7.22. The van der Waals surface area contributed by atoms with Gasteiger partial charge in [0.25, 0.3) is 5.91 Å². The van der Waals surface area contributed by atoms with Crippen LogP contribution >= 0.6 is 11.3 Å². The Morgan fingerprint density at radius 1 is 1.12 bits per heavy atom. The van der Waals surface area contributed by atoms with Crippen LogP contribution in [0.3, 0.4) is 0 Å². The zero-order chi connectivity index (χ0) is 17.3. The van der Waals surface area contributed by atoms with Crippen LogP contribution in [-0.2, 0) is 0 Å². The van der Waals surface area contributed by atoms with Crippen molar-refractivity contribution in [3.63, 3.8) is 0 Å². The van der Waals surface area contributed by atoms with Gasteiger partial charge in [-0.3, -0.25) is 10.1 Å².